The molecule has 0 aliphatic rings. The second-order valence-electron chi connectivity index (χ2n) is 6.11. The Hall–Kier alpha value is -3.53. The first-order valence-corrected chi connectivity index (χ1v) is 8.22. The third kappa shape index (κ3) is 2.35. The van der Waals surface area contributed by atoms with Crippen molar-refractivity contribution in [3.63, 3.8) is 0 Å². The quantitative estimate of drug-likeness (QED) is 0.407. The standard InChI is InChI=1S/C22H17NO3/c1-26-22(25)17-12-14-7-3-5-9-16(14)20(21(17)24)19-15-8-4-2-6-13(15)10-11-18(19)23/h2-12,24H,23H2,1H3. The first kappa shape index (κ1) is 16.0. The van der Waals surface area contributed by atoms with Gasteiger partial charge in [-0.1, -0.05) is 54.6 Å². The van der Waals surface area contributed by atoms with Crippen LogP contribution in [0.4, 0.5) is 5.69 Å². The zero-order chi connectivity index (χ0) is 18.3. The highest BCUT2D eigenvalue weighted by Gasteiger charge is 2.22. The van der Waals surface area contributed by atoms with Crippen molar-refractivity contribution in [2.24, 2.45) is 0 Å². The number of fused-ring (bicyclic) bond motifs is 2. The van der Waals surface area contributed by atoms with E-state index >= 15 is 0 Å². The molecule has 0 spiro atoms. The Morgan fingerprint density at radius 1 is 0.885 bits per heavy atom. The first-order chi connectivity index (χ1) is 12.6. The third-order valence-electron chi connectivity index (χ3n) is 4.64. The van der Waals surface area contributed by atoms with Crippen LogP contribution in [0.2, 0.25) is 0 Å². The van der Waals surface area contributed by atoms with Gasteiger partial charge in [0.15, 0.2) is 0 Å². The molecule has 0 aromatic heterocycles. The number of hydrogen-bond donors (Lipinski definition) is 2. The summed E-state index contributed by atoms with van der Waals surface area (Å²) < 4.78 is 4.84. The molecule has 4 heteroatoms. The lowest BCUT2D eigenvalue weighted by Gasteiger charge is -2.17. The molecule has 4 rings (SSSR count). The van der Waals surface area contributed by atoms with Crippen LogP contribution >= 0.6 is 0 Å². The fourth-order valence-electron chi connectivity index (χ4n) is 3.42. The molecule has 0 aliphatic carbocycles. The van der Waals surface area contributed by atoms with Crippen molar-refractivity contribution < 1.29 is 14.6 Å². The van der Waals surface area contributed by atoms with Gasteiger partial charge in [0.25, 0.3) is 0 Å². The number of nitrogens with two attached hydrogens (primary N) is 1. The van der Waals surface area contributed by atoms with Crippen molar-refractivity contribution in [1.29, 1.82) is 0 Å². The van der Waals surface area contributed by atoms with Crippen molar-refractivity contribution in [3.8, 4) is 16.9 Å². The molecule has 0 atom stereocenters. The van der Waals surface area contributed by atoms with Crippen molar-refractivity contribution in [3.05, 3.63) is 72.3 Å². The summed E-state index contributed by atoms with van der Waals surface area (Å²) in [4.78, 5) is 12.2. The summed E-state index contributed by atoms with van der Waals surface area (Å²) in [5.74, 6) is -0.716. The molecule has 0 amide bonds. The Balaban J connectivity index is 2.21. The molecule has 0 saturated carbocycles. The highest BCUT2D eigenvalue weighted by molar-refractivity contribution is 6.14. The van der Waals surface area contributed by atoms with Crippen molar-refractivity contribution >= 4 is 33.2 Å². The van der Waals surface area contributed by atoms with E-state index in [-0.39, 0.29) is 11.3 Å². The van der Waals surface area contributed by atoms with Crippen LogP contribution in [0.5, 0.6) is 5.75 Å². The summed E-state index contributed by atoms with van der Waals surface area (Å²) >= 11 is 0. The van der Waals surface area contributed by atoms with E-state index in [0.717, 1.165) is 21.5 Å². The Kier molecular flexibility index (Phi) is 3.73. The average Bonchev–Trinajstić information content (AvgIpc) is 2.68. The minimum Gasteiger partial charge on any atom is -0.506 e. The van der Waals surface area contributed by atoms with E-state index in [2.05, 4.69) is 0 Å². The predicted octanol–water partition coefficient (Wildman–Crippen LogP) is 4.73. The van der Waals surface area contributed by atoms with E-state index < -0.39 is 5.97 Å². The molecule has 3 N–H and O–H groups in total. The molecule has 4 aromatic carbocycles. The maximum atomic E-state index is 12.2. The van der Waals surface area contributed by atoms with Gasteiger partial charge >= 0.3 is 5.97 Å². The lowest BCUT2D eigenvalue weighted by Crippen LogP contribution is -2.03. The topological polar surface area (TPSA) is 72.5 Å². The normalized spacial score (nSPS) is 11.0. The maximum Gasteiger partial charge on any atom is 0.341 e. The number of phenolic OH excluding ortho intramolecular Hbond substituents is 1. The lowest BCUT2D eigenvalue weighted by molar-refractivity contribution is 0.0598. The van der Waals surface area contributed by atoms with Crippen LogP contribution < -0.4 is 5.73 Å². The highest BCUT2D eigenvalue weighted by atomic mass is 16.5. The SMILES string of the molecule is COC(=O)c1cc2ccccc2c(-c2c(N)ccc3ccccc23)c1O. The van der Waals surface area contributed by atoms with Gasteiger partial charge in [-0.05, 0) is 33.7 Å². The third-order valence-corrected chi connectivity index (χ3v) is 4.64. The number of carbonyl (C=O) groups excluding carboxylic acids is 1. The molecule has 0 unspecified atom stereocenters. The molecule has 128 valence electrons. The number of benzene rings is 4. The largest absolute Gasteiger partial charge is 0.506 e. The number of esters is 1. The number of methoxy groups -OCH3 is 1. The molecule has 0 aliphatic heterocycles. The molecule has 26 heavy (non-hydrogen) atoms. The van der Waals surface area contributed by atoms with Crippen LogP contribution in [-0.2, 0) is 4.74 Å². The molecule has 4 nitrogen and oxygen atoms in total. The Bertz CT molecular complexity index is 1160. The number of carbonyl (C=O) groups is 1. The summed E-state index contributed by atoms with van der Waals surface area (Å²) in [5.41, 5.74) is 8.21. The fourth-order valence-corrected chi connectivity index (χ4v) is 3.42. The van der Waals surface area contributed by atoms with E-state index in [4.69, 9.17) is 10.5 Å². The predicted molar refractivity (Wildman–Crippen MR) is 104 cm³/mol. The second-order valence-corrected chi connectivity index (χ2v) is 6.11. The Morgan fingerprint density at radius 3 is 2.19 bits per heavy atom. The first-order valence-electron chi connectivity index (χ1n) is 8.22. The minimum atomic E-state index is -0.590. The van der Waals surface area contributed by atoms with Crippen LogP contribution in [0.25, 0.3) is 32.7 Å². The minimum absolute atomic E-state index is 0.119. The maximum absolute atomic E-state index is 12.2. The number of phenols is 1. The molecule has 0 radical (unpaired) electrons. The average molecular weight is 343 g/mol. The van der Waals surface area contributed by atoms with Crippen molar-refractivity contribution in [2.75, 3.05) is 12.8 Å². The van der Waals surface area contributed by atoms with Gasteiger partial charge < -0.3 is 15.6 Å². The van der Waals surface area contributed by atoms with E-state index in [0.29, 0.717) is 16.8 Å². The monoisotopic (exact) mass is 343 g/mol. The molecular formula is C22H17NO3. The van der Waals surface area contributed by atoms with Crippen LogP contribution in [0.3, 0.4) is 0 Å². The zero-order valence-electron chi connectivity index (χ0n) is 14.2. The van der Waals surface area contributed by atoms with E-state index in [1.807, 2.05) is 60.7 Å². The molecule has 0 fully saturated rings. The van der Waals surface area contributed by atoms with Gasteiger partial charge in [-0.25, -0.2) is 4.79 Å². The number of anilines is 1. The fraction of sp³-hybridized carbons (Fsp3) is 0.0455. The smallest absolute Gasteiger partial charge is 0.341 e. The summed E-state index contributed by atoms with van der Waals surface area (Å²) in [6, 6.07) is 20.8. The molecule has 0 bridgehead atoms. The van der Waals surface area contributed by atoms with Gasteiger partial charge in [-0.15, -0.1) is 0 Å². The molecule has 4 aromatic rings. The van der Waals surface area contributed by atoms with Crippen LogP contribution in [0.1, 0.15) is 10.4 Å². The number of hydrogen-bond acceptors (Lipinski definition) is 4. The summed E-state index contributed by atoms with van der Waals surface area (Å²) in [6.45, 7) is 0. The van der Waals surface area contributed by atoms with E-state index in [9.17, 15) is 9.90 Å². The van der Waals surface area contributed by atoms with Crippen LogP contribution in [0, 0.1) is 0 Å². The number of ether oxygens (including phenoxy) is 1. The summed E-state index contributed by atoms with van der Waals surface area (Å²) in [5, 5.41) is 14.5. The van der Waals surface area contributed by atoms with Gasteiger partial charge in [-0.3, -0.25) is 0 Å². The summed E-state index contributed by atoms with van der Waals surface area (Å²) in [6.07, 6.45) is 0. The molecule has 0 heterocycles. The second kappa shape index (κ2) is 6.08. The van der Waals surface area contributed by atoms with Crippen LogP contribution in [-0.4, -0.2) is 18.2 Å². The Labute approximate surface area is 150 Å². The van der Waals surface area contributed by atoms with Gasteiger partial charge in [0.1, 0.15) is 11.3 Å². The van der Waals surface area contributed by atoms with Gasteiger partial charge in [0.05, 0.1) is 7.11 Å². The van der Waals surface area contributed by atoms with Gasteiger partial charge in [-0.2, -0.15) is 0 Å². The van der Waals surface area contributed by atoms with Crippen molar-refractivity contribution in [1.82, 2.24) is 0 Å². The number of aromatic hydroxyl groups is 1. The van der Waals surface area contributed by atoms with Crippen molar-refractivity contribution in [2.45, 2.75) is 0 Å². The number of nitrogen functional groups attached to an aromatic ring is 1. The van der Waals surface area contributed by atoms with E-state index in [1.54, 1.807) is 6.07 Å². The Morgan fingerprint density at radius 2 is 1.50 bits per heavy atom. The van der Waals surface area contributed by atoms with Gasteiger partial charge in [0, 0.05) is 16.8 Å². The zero-order valence-corrected chi connectivity index (χ0v) is 14.2. The molecule has 0 saturated heterocycles. The van der Waals surface area contributed by atoms with E-state index in [1.165, 1.54) is 7.11 Å². The van der Waals surface area contributed by atoms with Crippen LogP contribution in [0.15, 0.2) is 66.7 Å². The molecular weight excluding hydrogens is 326 g/mol. The number of rotatable bonds is 2. The highest BCUT2D eigenvalue weighted by Crippen LogP contribution is 2.44. The van der Waals surface area contributed by atoms with Gasteiger partial charge in [0.2, 0.25) is 0 Å². The lowest BCUT2D eigenvalue weighted by atomic mass is 9.90. The summed E-state index contributed by atoms with van der Waals surface area (Å²) in [7, 11) is 1.29.